The highest BCUT2D eigenvalue weighted by molar-refractivity contribution is 7.89. The van der Waals surface area contributed by atoms with Crippen LogP contribution in [0, 0.1) is 6.92 Å². The molecule has 27 heavy (non-hydrogen) atoms. The fourth-order valence-electron chi connectivity index (χ4n) is 3.30. The SMILES string of the molecule is Cc1cc(CN2CCN(S(=O)(=O)c3ccc4c(c3)OCCCO4)CC2)no1. The third-order valence-electron chi connectivity index (χ3n) is 4.75. The van der Waals surface area contributed by atoms with Gasteiger partial charge in [-0.05, 0) is 19.1 Å². The van der Waals surface area contributed by atoms with E-state index in [0.29, 0.717) is 57.4 Å². The number of nitrogens with zero attached hydrogens (tertiary/aromatic N) is 3. The summed E-state index contributed by atoms with van der Waals surface area (Å²) in [6.45, 7) is 5.79. The van der Waals surface area contributed by atoms with E-state index in [-0.39, 0.29) is 4.90 Å². The van der Waals surface area contributed by atoms with Crippen LogP contribution in [-0.2, 0) is 16.6 Å². The average Bonchev–Trinajstić information content (AvgIpc) is 2.92. The Balaban J connectivity index is 1.43. The molecule has 0 bridgehead atoms. The molecule has 9 heteroatoms. The summed E-state index contributed by atoms with van der Waals surface area (Å²) in [6, 6.07) is 6.74. The van der Waals surface area contributed by atoms with Crippen molar-refractivity contribution in [1.82, 2.24) is 14.4 Å². The lowest BCUT2D eigenvalue weighted by molar-refractivity contribution is 0.177. The monoisotopic (exact) mass is 393 g/mol. The minimum Gasteiger partial charge on any atom is -0.490 e. The standard InChI is InChI=1S/C18H23N3O5S/c1-14-11-15(19-26-14)13-20-5-7-21(8-6-20)27(22,23)16-3-4-17-18(12-16)25-10-2-9-24-17/h3-4,11-12H,2,5-10,13H2,1H3. The van der Waals surface area contributed by atoms with Gasteiger partial charge in [0.1, 0.15) is 5.76 Å². The van der Waals surface area contributed by atoms with Crippen molar-refractivity contribution >= 4 is 10.0 Å². The van der Waals surface area contributed by atoms with E-state index in [9.17, 15) is 8.42 Å². The maximum absolute atomic E-state index is 13.0. The number of fused-ring (bicyclic) bond motifs is 1. The molecule has 1 aromatic heterocycles. The van der Waals surface area contributed by atoms with Crippen LogP contribution < -0.4 is 9.47 Å². The molecule has 0 saturated carbocycles. The second-order valence-corrected chi connectivity index (χ2v) is 8.71. The Labute approximate surface area is 158 Å². The van der Waals surface area contributed by atoms with Crippen molar-refractivity contribution in [2.75, 3.05) is 39.4 Å². The van der Waals surface area contributed by atoms with Crippen LogP contribution >= 0.6 is 0 Å². The summed E-state index contributed by atoms with van der Waals surface area (Å²) in [5.41, 5.74) is 0.867. The van der Waals surface area contributed by atoms with Gasteiger partial charge in [0.15, 0.2) is 11.5 Å². The summed E-state index contributed by atoms with van der Waals surface area (Å²) in [5, 5.41) is 4.00. The van der Waals surface area contributed by atoms with Crippen LogP contribution in [0.15, 0.2) is 33.7 Å². The second-order valence-electron chi connectivity index (χ2n) is 6.77. The van der Waals surface area contributed by atoms with Crippen LogP contribution in [0.4, 0.5) is 0 Å². The van der Waals surface area contributed by atoms with Gasteiger partial charge in [-0.3, -0.25) is 4.90 Å². The Bertz CT molecular complexity index is 903. The summed E-state index contributed by atoms with van der Waals surface area (Å²) in [6.07, 6.45) is 0.782. The number of ether oxygens (including phenoxy) is 2. The highest BCUT2D eigenvalue weighted by Gasteiger charge is 2.29. The maximum Gasteiger partial charge on any atom is 0.243 e. The molecule has 146 valence electrons. The molecule has 8 nitrogen and oxygen atoms in total. The lowest BCUT2D eigenvalue weighted by Gasteiger charge is -2.33. The third kappa shape index (κ3) is 3.95. The molecule has 0 aliphatic carbocycles. The van der Waals surface area contributed by atoms with Gasteiger partial charge < -0.3 is 14.0 Å². The number of benzene rings is 1. The first-order chi connectivity index (χ1) is 13.0. The zero-order valence-electron chi connectivity index (χ0n) is 15.3. The summed E-state index contributed by atoms with van der Waals surface area (Å²) in [5.74, 6) is 1.87. The molecule has 0 atom stereocenters. The molecule has 1 saturated heterocycles. The minimum absolute atomic E-state index is 0.243. The first-order valence-electron chi connectivity index (χ1n) is 9.07. The average molecular weight is 393 g/mol. The number of rotatable bonds is 4. The van der Waals surface area contributed by atoms with Crippen LogP contribution in [0.25, 0.3) is 0 Å². The van der Waals surface area contributed by atoms with Crippen molar-refractivity contribution in [3.63, 3.8) is 0 Å². The van der Waals surface area contributed by atoms with E-state index < -0.39 is 10.0 Å². The quantitative estimate of drug-likeness (QED) is 0.781. The first-order valence-corrected chi connectivity index (χ1v) is 10.5. The first kappa shape index (κ1) is 18.3. The summed E-state index contributed by atoms with van der Waals surface area (Å²) in [4.78, 5) is 2.42. The Morgan fingerprint density at radius 1 is 1.04 bits per heavy atom. The van der Waals surface area contributed by atoms with Crippen molar-refractivity contribution in [1.29, 1.82) is 0 Å². The highest BCUT2D eigenvalue weighted by atomic mass is 32.2. The van der Waals surface area contributed by atoms with E-state index >= 15 is 0 Å². The lowest BCUT2D eigenvalue weighted by Crippen LogP contribution is -2.48. The number of hydrogen-bond donors (Lipinski definition) is 0. The van der Waals surface area contributed by atoms with Crippen LogP contribution in [0.3, 0.4) is 0 Å². The van der Waals surface area contributed by atoms with E-state index in [1.165, 1.54) is 4.31 Å². The zero-order chi connectivity index (χ0) is 18.9. The van der Waals surface area contributed by atoms with Crippen molar-refractivity contribution < 1.29 is 22.4 Å². The summed E-state index contributed by atoms with van der Waals surface area (Å²) < 4.78 is 43.8. The number of sulfonamides is 1. The molecule has 1 aromatic carbocycles. The van der Waals surface area contributed by atoms with Gasteiger partial charge in [0.2, 0.25) is 10.0 Å². The van der Waals surface area contributed by atoms with Gasteiger partial charge in [-0.25, -0.2) is 8.42 Å². The van der Waals surface area contributed by atoms with E-state index in [0.717, 1.165) is 17.9 Å². The Hall–Kier alpha value is -2.10. The van der Waals surface area contributed by atoms with Gasteiger partial charge in [-0.2, -0.15) is 4.31 Å². The number of piperazine rings is 1. The Morgan fingerprint density at radius 3 is 2.48 bits per heavy atom. The van der Waals surface area contributed by atoms with Gasteiger partial charge in [0, 0.05) is 51.3 Å². The van der Waals surface area contributed by atoms with Gasteiger partial charge in [-0.15, -0.1) is 0 Å². The molecular formula is C18H23N3O5S. The molecule has 1 fully saturated rings. The molecule has 2 aliphatic rings. The predicted molar refractivity (Wildman–Crippen MR) is 97.3 cm³/mol. The summed E-state index contributed by atoms with van der Waals surface area (Å²) in [7, 11) is -3.56. The lowest BCUT2D eigenvalue weighted by atomic mass is 10.3. The maximum atomic E-state index is 13.0. The largest absolute Gasteiger partial charge is 0.490 e. The van der Waals surface area contributed by atoms with E-state index in [4.69, 9.17) is 14.0 Å². The van der Waals surface area contributed by atoms with E-state index in [1.54, 1.807) is 18.2 Å². The van der Waals surface area contributed by atoms with Crippen LogP contribution in [-0.4, -0.2) is 62.2 Å². The smallest absolute Gasteiger partial charge is 0.243 e. The summed E-state index contributed by atoms with van der Waals surface area (Å²) >= 11 is 0. The zero-order valence-corrected chi connectivity index (χ0v) is 16.1. The number of aromatic nitrogens is 1. The third-order valence-corrected chi connectivity index (χ3v) is 6.65. The number of hydrogen-bond acceptors (Lipinski definition) is 7. The van der Waals surface area contributed by atoms with Crippen molar-refractivity contribution in [2.24, 2.45) is 0 Å². The fraction of sp³-hybridized carbons (Fsp3) is 0.500. The Kier molecular flexibility index (Phi) is 5.07. The van der Waals surface area contributed by atoms with Crippen LogP contribution in [0.2, 0.25) is 0 Å². The molecule has 0 spiro atoms. The van der Waals surface area contributed by atoms with Gasteiger partial charge in [-0.1, -0.05) is 5.16 Å². The van der Waals surface area contributed by atoms with Gasteiger partial charge >= 0.3 is 0 Å². The molecule has 2 aliphatic heterocycles. The van der Waals surface area contributed by atoms with Crippen molar-refractivity contribution in [3.05, 3.63) is 35.7 Å². The van der Waals surface area contributed by atoms with E-state index in [2.05, 4.69) is 10.1 Å². The van der Waals surface area contributed by atoms with Gasteiger partial charge in [0.05, 0.1) is 23.8 Å². The highest BCUT2D eigenvalue weighted by Crippen LogP contribution is 2.33. The van der Waals surface area contributed by atoms with Crippen LogP contribution in [0.1, 0.15) is 17.9 Å². The molecule has 2 aromatic rings. The number of aryl methyl sites for hydroxylation is 1. The normalized spacial score (nSPS) is 19.0. The second kappa shape index (κ2) is 7.49. The molecule has 4 rings (SSSR count). The molecular weight excluding hydrogens is 370 g/mol. The van der Waals surface area contributed by atoms with Gasteiger partial charge in [0.25, 0.3) is 0 Å². The molecule has 3 heterocycles. The molecule has 0 unspecified atom stereocenters. The predicted octanol–water partition coefficient (Wildman–Crippen LogP) is 1.65. The fourth-order valence-corrected chi connectivity index (χ4v) is 4.74. The van der Waals surface area contributed by atoms with Crippen molar-refractivity contribution in [3.8, 4) is 11.5 Å². The topological polar surface area (TPSA) is 85.1 Å². The van der Waals surface area contributed by atoms with E-state index in [1.807, 2.05) is 13.0 Å². The molecule has 0 amide bonds. The molecule has 0 radical (unpaired) electrons. The van der Waals surface area contributed by atoms with Crippen molar-refractivity contribution in [2.45, 2.75) is 24.8 Å². The molecule has 0 N–H and O–H groups in total. The minimum atomic E-state index is -3.56. The van der Waals surface area contributed by atoms with Crippen LogP contribution in [0.5, 0.6) is 11.5 Å². The Morgan fingerprint density at radius 2 is 1.78 bits per heavy atom.